The molecule has 0 amide bonds. The highest BCUT2D eigenvalue weighted by atomic mass is 15.2. The SMILES string of the molecule is Cc1ccc(Nc2c(-c3cccnc3)nc3ncccn23)cc1. The van der Waals surface area contributed by atoms with Crippen molar-refractivity contribution in [3.05, 3.63) is 72.8 Å². The molecule has 4 rings (SSSR count). The van der Waals surface area contributed by atoms with Crippen LogP contribution in [0.2, 0.25) is 0 Å². The molecule has 0 radical (unpaired) electrons. The molecule has 3 heterocycles. The summed E-state index contributed by atoms with van der Waals surface area (Å²) in [5.74, 6) is 1.53. The Labute approximate surface area is 133 Å². The summed E-state index contributed by atoms with van der Waals surface area (Å²) < 4.78 is 1.95. The standard InChI is InChI=1S/C18H15N5/c1-13-5-7-15(8-6-13)21-17-16(14-4-2-9-19-12-14)22-18-20-10-3-11-23(17)18/h2-12,21H,1H3. The van der Waals surface area contributed by atoms with E-state index in [2.05, 4.69) is 51.5 Å². The van der Waals surface area contributed by atoms with Gasteiger partial charge in [-0.15, -0.1) is 0 Å². The Morgan fingerprint density at radius 2 is 1.87 bits per heavy atom. The van der Waals surface area contributed by atoms with Gasteiger partial charge >= 0.3 is 0 Å². The number of aryl methyl sites for hydroxylation is 1. The van der Waals surface area contributed by atoms with E-state index in [9.17, 15) is 0 Å². The molecule has 4 aromatic rings. The van der Waals surface area contributed by atoms with Gasteiger partial charge in [-0.2, -0.15) is 0 Å². The molecule has 0 saturated carbocycles. The summed E-state index contributed by atoms with van der Waals surface area (Å²) in [6.07, 6.45) is 7.25. The Kier molecular flexibility index (Phi) is 3.24. The largest absolute Gasteiger partial charge is 0.339 e. The molecule has 0 spiro atoms. The molecule has 0 aliphatic rings. The number of imidazole rings is 1. The fourth-order valence-corrected chi connectivity index (χ4v) is 2.48. The molecule has 0 aliphatic carbocycles. The maximum absolute atomic E-state index is 4.65. The lowest BCUT2D eigenvalue weighted by molar-refractivity contribution is 1.11. The quantitative estimate of drug-likeness (QED) is 0.624. The zero-order chi connectivity index (χ0) is 15.6. The van der Waals surface area contributed by atoms with Crippen LogP contribution in [0.5, 0.6) is 0 Å². The molecule has 5 heteroatoms. The minimum atomic E-state index is 0.654. The Hall–Kier alpha value is -3.21. The summed E-state index contributed by atoms with van der Waals surface area (Å²) in [4.78, 5) is 13.2. The second-order valence-electron chi connectivity index (χ2n) is 5.33. The van der Waals surface area contributed by atoms with Crippen molar-refractivity contribution in [2.75, 3.05) is 5.32 Å². The van der Waals surface area contributed by atoms with Crippen LogP contribution in [-0.2, 0) is 0 Å². The van der Waals surface area contributed by atoms with E-state index in [-0.39, 0.29) is 0 Å². The van der Waals surface area contributed by atoms with Crippen molar-refractivity contribution in [3.63, 3.8) is 0 Å². The summed E-state index contributed by atoms with van der Waals surface area (Å²) >= 11 is 0. The van der Waals surface area contributed by atoms with Crippen LogP contribution >= 0.6 is 0 Å². The van der Waals surface area contributed by atoms with Crippen LogP contribution in [0.25, 0.3) is 17.0 Å². The van der Waals surface area contributed by atoms with Gasteiger partial charge in [0.2, 0.25) is 5.78 Å². The van der Waals surface area contributed by atoms with Crippen molar-refractivity contribution in [1.82, 2.24) is 19.4 Å². The maximum atomic E-state index is 4.65. The normalized spacial score (nSPS) is 10.8. The lowest BCUT2D eigenvalue weighted by atomic mass is 10.2. The summed E-state index contributed by atoms with van der Waals surface area (Å²) in [5.41, 5.74) is 4.01. The number of aromatic nitrogens is 4. The average molecular weight is 301 g/mol. The summed E-state index contributed by atoms with van der Waals surface area (Å²) in [7, 11) is 0. The minimum Gasteiger partial charge on any atom is -0.339 e. The maximum Gasteiger partial charge on any atom is 0.235 e. The highest BCUT2D eigenvalue weighted by Crippen LogP contribution is 2.30. The minimum absolute atomic E-state index is 0.654. The molecule has 0 fully saturated rings. The topological polar surface area (TPSA) is 55.1 Å². The van der Waals surface area contributed by atoms with Gasteiger partial charge in [0, 0.05) is 36.0 Å². The molecule has 0 bridgehead atoms. The van der Waals surface area contributed by atoms with Crippen LogP contribution in [0.15, 0.2) is 67.3 Å². The van der Waals surface area contributed by atoms with Crippen molar-refractivity contribution in [1.29, 1.82) is 0 Å². The number of rotatable bonds is 3. The van der Waals surface area contributed by atoms with Gasteiger partial charge in [-0.25, -0.2) is 9.97 Å². The van der Waals surface area contributed by atoms with Crippen molar-refractivity contribution >= 4 is 17.3 Å². The summed E-state index contributed by atoms with van der Waals surface area (Å²) in [6, 6.07) is 14.1. The van der Waals surface area contributed by atoms with Gasteiger partial charge < -0.3 is 5.32 Å². The number of pyridine rings is 1. The highest BCUT2D eigenvalue weighted by molar-refractivity contribution is 5.78. The van der Waals surface area contributed by atoms with Gasteiger partial charge in [0.1, 0.15) is 11.5 Å². The smallest absolute Gasteiger partial charge is 0.235 e. The van der Waals surface area contributed by atoms with E-state index in [1.165, 1.54) is 5.56 Å². The molecule has 5 nitrogen and oxygen atoms in total. The van der Waals surface area contributed by atoms with E-state index in [4.69, 9.17) is 0 Å². The molecule has 1 aromatic carbocycles. The highest BCUT2D eigenvalue weighted by Gasteiger charge is 2.14. The molecule has 3 aromatic heterocycles. The molecule has 1 N–H and O–H groups in total. The van der Waals surface area contributed by atoms with E-state index < -0.39 is 0 Å². The Morgan fingerprint density at radius 3 is 2.65 bits per heavy atom. The number of nitrogens with zero attached hydrogens (tertiary/aromatic N) is 4. The first-order valence-corrected chi connectivity index (χ1v) is 7.38. The molecule has 112 valence electrons. The van der Waals surface area contributed by atoms with Gasteiger partial charge in [-0.3, -0.25) is 9.38 Å². The van der Waals surface area contributed by atoms with Crippen LogP contribution in [0.3, 0.4) is 0 Å². The van der Waals surface area contributed by atoms with Gasteiger partial charge in [0.25, 0.3) is 0 Å². The van der Waals surface area contributed by atoms with Crippen LogP contribution < -0.4 is 5.32 Å². The zero-order valence-corrected chi connectivity index (χ0v) is 12.6. The van der Waals surface area contributed by atoms with Crippen molar-refractivity contribution < 1.29 is 0 Å². The molecular weight excluding hydrogens is 286 g/mol. The predicted octanol–water partition coefficient (Wildman–Crippen LogP) is 3.84. The summed E-state index contributed by atoms with van der Waals surface area (Å²) in [6.45, 7) is 2.07. The third-order valence-electron chi connectivity index (χ3n) is 3.65. The molecule has 0 atom stereocenters. The zero-order valence-electron chi connectivity index (χ0n) is 12.6. The third-order valence-corrected chi connectivity index (χ3v) is 3.65. The number of benzene rings is 1. The molecular formula is C18H15N5. The van der Waals surface area contributed by atoms with Gasteiger partial charge in [-0.1, -0.05) is 17.7 Å². The monoisotopic (exact) mass is 301 g/mol. The van der Waals surface area contributed by atoms with Crippen molar-refractivity contribution in [2.45, 2.75) is 6.92 Å². The lowest BCUT2D eigenvalue weighted by Gasteiger charge is -2.08. The Morgan fingerprint density at radius 1 is 1.00 bits per heavy atom. The van der Waals surface area contributed by atoms with E-state index in [1.54, 1.807) is 12.4 Å². The van der Waals surface area contributed by atoms with Crippen LogP contribution in [0.4, 0.5) is 11.5 Å². The van der Waals surface area contributed by atoms with E-state index in [0.29, 0.717) is 5.78 Å². The molecule has 23 heavy (non-hydrogen) atoms. The van der Waals surface area contributed by atoms with Gasteiger partial charge in [-0.05, 0) is 37.3 Å². The molecule has 0 unspecified atom stereocenters. The second-order valence-corrected chi connectivity index (χ2v) is 5.33. The Bertz CT molecular complexity index is 942. The van der Waals surface area contributed by atoms with Crippen LogP contribution in [0, 0.1) is 6.92 Å². The second kappa shape index (κ2) is 5.53. The van der Waals surface area contributed by atoms with Gasteiger partial charge in [0.05, 0.1) is 0 Å². The van der Waals surface area contributed by atoms with Crippen molar-refractivity contribution in [3.8, 4) is 11.3 Å². The number of fused-ring (bicyclic) bond motifs is 1. The summed E-state index contributed by atoms with van der Waals surface area (Å²) in [5, 5.41) is 3.45. The van der Waals surface area contributed by atoms with Crippen LogP contribution in [-0.4, -0.2) is 19.4 Å². The third kappa shape index (κ3) is 2.53. The number of anilines is 2. The molecule has 0 saturated heterocycles. The first kappa shape index (κ1) is 13.5. The number of nitrogens with one attached hydrogen (secondary N) is 1. The van der Waals surface area contributed by atoms with Crippen LogP contribution in [0.1, 0.15) is 5.56 Å². The van der Waals surface area contributed by atoms with E-state index in [0.717, 1.165) is 22.8 Å². The number of hydrogen-bond donors (Lipinski definition) is 1. The van der Waals surface area contributed by atoms with E-state index in [1.807, 2.05) is 35.0 Å². The average Bonchev–Trinajstić information content (AvgIpc) is 2.96. The first-order chi connectivity index (χ1) is 11.3. The predicted molar refractivity (Wildman–Crippen MR) is 90.7 cm³/mol. The Balaban J connectivity index is 1.87. The first-order valence-electron chi connectivity index (χ1n) is 7.38. The van der Waals surface area contributed by atoms with Gasteiger partial charge in [0.15, 0.2) is 0 Å². The molecule has 0 aliphatic heterocycles. The number of hydrogen-bond acceptors (Lipinski definition) is 4. The fraction of sp³-hybridized carbons (Fsp3) is 0.0556. The van der Waals surface area contributed by atoms with Crippen molar-refractivity contribution in [2.24, 2.45) is 0 Å². The lowest BCUT2D eigenvalue weighted by Crippen LogP contribution is -1.97. The van der Waals surface area contributed by atoms with E-state index >= 15 is 0 Å². The fourth-order valence-electron chi connectivity index (χ4n) is 2.48.